The van der Waals surface area contributed by atoms with Crippen molar-refractivity contribution in [2.24, 2.45) is 0 Å². The molecule has 1 aromatic heterocycles. The van der Waals surface area contributed by atoms with Crippen LogP contribution in [-0.2, 0) is 4.79 Å². The van der Waals surface area contributed by atoms with Crippen LogP contribution in [-0.4, -0.2) is 40.0 Å². The van der Waals surface area contributed by atoms with Gasteiger partial charge in [0.05, 0.1) is 17.2 Å². The highest BCUT2D eigenvalue weighted by molar-refractivity contribution is 5.96. The zero-order valence-electron chi connectivity index (χ0n) is 18.8. The van der Waals surface area contributed by atoms with Crippen molar-refractivity contribution in [1.29, 1.82) is 10.5 Å². The number of amides is 1. The standard InChI is InChI=1S/C26H22N6O3/c1-17(14-27)26(33)32-12-10-22(11-13-32)35-25-23(24(29)30-16-31-25)19-4-8-21(9-5-19)34-20-6-2-18(15-28)3-7-20/h2-9,16,22H,1,10-13H2,(H2,29,30,31). The molecule has 0 atom stereocenters. The maximum atomic E-state index is 12.2. The van der Waals surface area contributed by atoms with E-state index in [1.165, 1.54) is 6.33 Å². The number of likely N-dealkylation sites (tertiary alicyclic amines) is 1. The molecular formula is C26H22N6O3. The van der Waals surface area contributed by atoms with Crippen LogP contribution >= 0.6 is 0 Å². The van der Waals surface area contributed by atoms with E-state index in [1.807, 2.05) is 12.1 Å². The molecule has 0 unspecified atom stereocenters. The number of rotatable bonds is 6. The number of nitrogens with two attached hydrogens (primary N) is 1. The van der Waals surface area contributed by atoms with Gasteiger partial charge in [0.25, 0.3) is 5.91 Å². The minimum Gasteiger partial charge on any atom is -0.474 e. The van der Waals surface area contributed by atoms with Crippen LogP contribution < -0.4 is 15.2 Å². The third-order valence-corrected chi connectivity index (χ3v) is 5.60. The fraction of sp³-hybridized carbons (Fsp3) is 0.192. The Morgan fingerprint density at radius 3 is 2.26 bits per heavy atom. The van der Waals surface area contributed by atoms with Crippen molar-refractivity contribution in [3.63, 3.8) is 0 Å². The summed E-state index contributed by atoms with van der Waals surface area (Å²) >= 11 is 0. The maximum absolute atomic E-state index is 12.2. The van der Waals surface area contributed by atoms with Gasteiger partial charge in [0.15, 0.2) is 0 Å². The average Bonchev–Trinajstić information content (AvgIpc) is 2.89. The number of nitrogens with zero attached hydrogens (tertiary/aromatic N) is 5. The molecule has 1 saturated heterocycles. The van der Waals surface area contributed by atoms with Gasteiger partial charge in [-0.2, -0.15) is 10.5 Å². The van der Waals surface area contributed by atoms with Gasteiger partial charge >= 0.3 is 0 Å². The summed E-state index contributed by atoms with van der Waals surface area (Å²) in [5, 5.41) is 17.8. The molecule has 1 aliphatic heterocycles. The topological polar surface area (TPSA) is 138 Å². The Labute approximate surface area is 202 Å². The van der Waals surface area contributed by atoms with Crippen molar-refractivity contribution < 1.29 is 14.3 Å². The molecule has 9 heteroatoms. The zero-order chi connectivity index (χ0) is 24.8. The smallest absolute Gasteiger partial charge is 0.263 e. The Morgan fingerprint density at radius 2 is 1.66 bits per heavy atom. The first-order chi connectivity index (χ1) is 17.0. The SMILES string of the molecule is C=C(C#N)C(=O)N1CCC(Oc2ncnc(N)c2-c2ccc(Oc3ccc(C#N)cc3)cc2)CC1. The maximum Gasteiger partial charge on any atom is 0.263 e. The fourth-order valence-electron chi connectivity index (χ4n) is 3.74. The molecule has 0 spiro atoms. The molecule has 0 aliphatic carbocycles. The van der Waals surface area contributed by atoms with Crippen molar-refractivity contribution >= 4 is 11.7 Å². The minimum atomic E-state index is -0.346. The lowest BCUT2D eigenvalue weighted by atomic mass is 10.1. The molecule has 174 valence electrons. The number of anilines is 1. The Balaban J connectivity index is 1.46. The number of nitriles is 2. The van der Waals surface area contributed by atoms with E-state index in [2.05, 4.69) is 22.6 Å². The molecule has 1 aliphatic rings. The number of carbonyl (C=O) groups excluding carboxylic acids is 1. The number of nitrogen functional groups attached to an aromatic ring is 1. The van der Waals surface area contributed by atoms with Gasteiger partial charge in [-0.1, -0.05) is 18.7 Å². The Bertz CT molecular complexity index is 1320. The van der Waals surface area contributed by atoms with E-state index in [9.17, 15) is 4.79 Å². The van der Waals surface area contributed by atoms with E-state index in [-0.39, 0.29) is 23.4 Å². The van der Waals surface area contributed by atoms with Crippen molar-refractivity contribution in [1.82, 2.24) is 14.9 Å². The third-order valence-electron chi connectivity index (χ3n) is 5.60. The predicted octanol–water partition coefficient (Wildman–Crippen LogP) is 3.84. The van der Waals surface area contributed by atoms with Gasteiger partial charge in [0, 0.05) is 25.9 Å². The largest absolute Gasteiger partial charge is 0.474 e. The van der Waals surface area contributed by atoms with Gasteiger partial charge in [-0.05, 0) is 42.0 Å². The van der Waals surface area contributed by atoms with E-state index < -0.39 is 0 Å². The number of hydrogen-bond donors (Lipinski definition) is 1. The van der Waals surface area contributed by atoms with Gasteiger partial charge in [-0.25, -0.2) is 9.97 Å². The Hall–Kier alpha value is -4.89. The van der Waals surface area contributed by atoms with Crippen LogP contribution in [0.15, 0.2) is 67.0 Å². The summed E-state index contributed by atoms with van der Waals surface area (Å²) in [6, 6.07) is 18.0. The second-order valence-electron chi connectivity index (χ2n) is 7.90. The first-order valence-corrected chi connectivity index (χ1v) is 10.9. The lowest BCUT2D eigenvalue weighted by molar-refractivity contribution is -0.128. The summed E-state index contributed by atoms with van der Waals surface area (Å²) in [6.07, 6.45) is 2.36. The van der Waals surface area contributed by atoms with Gasteiger partial charge in [-0.15, -0.1) is 0 Å². The number of aromatic nitrogens is 2. The number of piperidine rings is 1. The van der Waals surface area contributed by atoms with E-state index >= 15 is 0 Å². The van der Waals surface area contributed by atoms with Crippen LogP contribution in [0.4, 0.5) is 5.82 Å². The number of hydrogen-bond acceptors (Lipinski definition) is 8. The lowest BCUT2D eigenvalue weighted by Gasteiger charge is -2.32. The van der Waals surface area contributed by atoms with Crippen LogP contribution in [0.25, 0.3) is 11.1 Å². The summed E-state index contributed by atoms with van der Waals surface area (Å²) in [6.45, 7) is 4.41. The summed E-state index contributed by atoms with van der Waals surface area (Å²) < 4.78 is 12.0. The highest BCUT2D eigenvalue weighted by atomic mass is 16.5. The van der Waals surface area contributed by atoms with E-state index in [0.717, 1.165) is 5.56 Å². The number of benzene rings is 2. The van der Waals surface area contributed by atoms with Crippen molar-refractivity contribution in [3.8, 4) is 40.6 Å². The molecule has 1 fully saturated rings. The van der Waals surface area contributed by atoms with Crippen LogP contribution in [0.3, 0.4) is 0 Å². The highest BCUT2D eigenvalue weighted by Crippen LogP contribution is 2.35. The van der Waals surface area contributed by atoms with Gasteiger partial charge < -0.3 is 20.1 Å². The zero-order valence-corrected chi connectivity index (χ0v) is 18.8. The van der Waals surface area contributed by atoms with Crippen LogP contribution in [0.2, 0.25) is 0 Å². The highest BCUT2D eigenvalue weighted by Gasteiger charge is 2.26. The molecular weight excluding hydrogens is 444 g/mol. The second kappa shape index (κ2) is 10.4. The molecule has 2 aromatic carbocycles. The Kier molecular flexibility index (Phi) is 6.89. The molecule has 9 nitrogen and oxygen atoms in total. The quantitative estimate of drug-likeness (QED) is 0.427. The molecule has 0 bridgehead atoms. The second-order valence-corrected chi connectivity index (χ2v) is 7.90. The summed E-state index contributed by atoms with van der Waals surface area (Å²) in [5.74, 6) is 1.54. The van der Waals surface area contributed by atoms with E-state index in [0.29, 0.717) is 54.4 Å². The minimum absolute atomic E-state index is 0.0677. The summed E-state index contributed by atoms with van der Waals surface area (Å²) in [4.78, 5) is 22.2. The monoisotopic (exact) mass is 466 g/mol. The van der Waals surface area contributed by atoms with Gasteiger partial charge in [-0.3, -0.25) is 4.79 Å². The fourth-order valence-corrected chi connectivity index (χ4v) is 3.74. The number of ether oxygens (including phenoxy) is 2. The predicted molar refractivity (Wildman–Crippen MR) is 128 cm³/mol. The van der Waals surface area contributed by atoms with Crippen molar-refractivity contribution in [2.45, 2.75) is 18.9 Å². The molecule has 4 rings (SSSR count). The van der Waals surface area contributed by atoms with Crippen LogP contribution in [0.1, 0.15) is 18.4 Å². The molecule has 2 heterocycles. The van der Waals surface area contributed by atoms with Gasteiger partial charge in [0.1, 0.15) is 41.4 Å². The van der Waals surface area contributed by atoms with Crippen molar-refractivity contribution in [3.05, 3.63) is 72.6 Å². The van der Waals surface area contributed by atoms with E-state index in [4.69, 9.17) is 25.7 Å². The van der Waals surface area contributed by atoms with Crippen LogP contribution in [0, 0.1) is 22.7 Å². The summed E-state index contributed by atoms with van der Waals surface area (Å²) in [5.41, 5.74) is 8.01. The molecule has 3 aromatic rings. The van der Waals surface area contributed by atoms with Crippen LogP contribution in [0.5, 0.6) is 17.4 Å². The number of carbonyl (C=O) groups is 1. The molecule has 0 radical (unpaired) electrons. The molecule has 1 amide bonds. The summed E-state index contributed by atoms with van der Waals surface area (Å²) in [7, 11) is 0. The Morgan fingerprint density at radius 1 is 1.03 bits per heavy atom. The normalized spacial score (nSPS) is 13.4. The van der Waals surface area contributed by atoms with Gasteiger partial charge in [0.2, 0.25) is 5.88 Å². The molecule has 2 N–H and O–H groups in total. The van der Waals surface area contributed by atoms with Crippen molar-refractivity contribution in [2.75, 3.05) is 18.8 Å². The molecule has 35 heavy (non-hydrogen) atoms. The molecule has 0 saturated carbocycles. The first kappa shape index (κ1) is 23.3. The third kappa shape index (κ3) is 5.37. The van der Waals surface area contributed by atoms with E-state index in [1.54, 1.807) is 47.4 Å². The lowest BCUT2D eigenvalue weighted by Crippen LogP contribution is -2.42. The first-order valence-electron chi connectivity index (χ1n) is 10.9. The average molecular weight is 467 g/mol.